The highest BCUT2D eigenvalue weighted by Gasteiger charge is 2.14. The van der Waals surface area contributed by atoms with E-state index in [0.29, 0.717) is 19.0 Å². The molecule has 0 amide bonds. The molecule has 0 unspecified atom stereocenters. The average Bonchev–Trinajstić information content (AvgIpc) is 2.66. The van der Waals surface area contributed by atoms with Crippen LogP contribution < -0.4 is 15.4 Å². The minimum absolute atomic E-state index is 0.0703. The van der Waals surface area contributed by atoms with Crippen molar-refractivity contribution >= 4 is 21.5 Å². The minimum Gasteiger partial charge on any atom is -0.491 e. The molecule has 0 radical (unpaired) electrons. The first-order valence-electron chi connectivity index (χ1n) is 10.9. The van der Waals surface area contributed by atoms with Gasteiger partial charge in [0, 0.05) is 25.0 Å². The first-order valence-corrected chi connectivity index (χ1v) is 13.0. The molecule has 1 heterocycles. The van der Waals surface area contributed by atoms with Crippen LogP contribution in [0.4, 0.5) is 5.69 Å². The maximum atomic E-state index is 11.4. The van der Waals surface area contributed by atoms with Crippen molar-refractivity contribution in [1.82, 2.24) is 10.2 Å². The maximum Gasteiger partial charge on any atom is 0.195 e. The predicted molar refractivity (Wildman–Crippen MR) is 125 cm³/mol. The fourth-order valence-corrected chi connectivity index (χ4v) is 3.76. The largest absolute Gasteiger partial charge is 0.491 e. The second-order valence-electron chi connectivity index (χ2n) is 8.48. The Bertz CT molecular complexity index is 755. The van der Waals surface area contributed by atoms with Gasteiger partial charge in [0.1, 0.15) is 15.6 Å². The zero-order valence-electron chi connectivity index (χ0n) is 18.9. The smallest absolute Gasteiger partial charge is 0.195 e. The molecule has 0 aliphatic carbocycles. The molecule has 7 nitrogen and oxygen atoms in total. The third-order valence-electron chi connectivity index (χ3n) is 5.03. The Balaban J connectivity index is 1.89. The number of aliphatic imine (C=N–C) groups is 1. The Morgan fingerprint density at radius 1 is 1.23 bits per heavy atom. The van der Waals surface area contributed by atoms with E-state index < -0.39 is 9.84 Å². The van der Waals surface area contributed by atoms with Crippen molar-refractivity contribution < 1.29 is 13.2 Å². The molecule has 1 aliphatic heterocycles. The Kier molecular flexibility index (Phi) is 9.91. The molecule has 2 N–H and O–H groups in total. The van der Waals surface area contributed by atoms with E-state index in [2.05, 4.69) is 27.4 Å². The number of ether oxygens (including phenoxy) is 1. The van der Waals surface area contributed by atoms with E-state index in [1.807, 2.05) is 38.1 Å². The number of piperidine rings is 1. The number of anilines is 1. The summed E-state index contributed by atoms with van der Waals surface area (Å²) < 4.78 is 28.5. The fraction of sp³-hybridized carbons (Fsp3) is 0.682. The summed E-state index contributed by atoms with van der Waals surface area (Å²) >= 11 is 0. The molecule has 0 spiro atoms. The Labute approximate surface area is 182 Å². The van der Waals surface area contributed by atoms with Crippen molar-refractivity contribution in [3.8, 4) is 5.75 Å². The molecule has 0 bridgehead atoms. The molecule has 2 rings (SSSR count). The normalized spacial score (nSPS) is 16.6. The van der Waals surface area contributed by atoms with Gasteiger partial charge in [0.25, 0.3) is 0 Å². The second-order valence-corrected chi connectivity index (χ2v) is 10.7. The lowest BCUT2D eigenvalue weighted by Crippen LogP contribution is -2.35. The van der Waals surface area contributed by atoms with E-state index in [1.165, 1.54) is 32.2 Å². The van der Waals surface area contributed by atoms with Crippen molar-refractivity contribution in [1.29, 1.82) is 0 Å². The number of sulfone groups is 1. The van der Waals surface area contributed by atoms with Gasteiger partial charge in [-0.15, -0.1) is 0 Å². The Morgan fingerprint density at radius 3 is 2.50 bits per heavy atom. The third-order valence-corrected chi connectivity index (χ3v) is 5.98. The van der Waals surface area contributed by atoms with Gasteiger partial charge >= 0.3 is 0 Å². The lowest BCUT2D eigenvalue weighted by atomic mass is 9.99. The van der Waals surface area contributed by atoms with Crippen LogP contribution in [-0.2, 0) is 9.84 Å². The van der Waals surface area contributed by atoms with Crippen LogP contribution in [0.15, 0.2) is 29.3 Å². The summed E-state index contributed by atoms with van der Waals surface area (Å²) in [5.41, 5.74) is 0.877. The van der Waals surface area contributed by atoms with Crippen molar-refractivity contribution in [2.24, 2.45) is 10.9 Å². The molecule has 1 aromatic rings. The molecular formula is C22H38N4O3S. The first-order chi connectivity index (χ1) is 14.2. The molecular weight excluding hydrogens is 400 g/mol. The number of hydrogen-bond donors (Lipinski definition) is 2. The van der Waals surface area contributed by atoms with E-state index >= 15 is 0 Å². The highest BCUT2D eigenvalue weighted by atomic mass is 32.2. The predicted octanol–water partition coefficient (Wildman–Crippen LogP) is 3.00. The third kappa shape index (κ3) is 10.3. The average molecular weight is 439 g/mol. The van der Waals surface area contributed by atoms with Crippen molar-refractivity contribution in [2.45, 2.75) is 46.1 Å². The topological polar surface area (TPSA) is 83.0 Å². The zero-order chi connectivity index (χ0) is 22.0. The van der Waals surface area contributed by atoms with Gasteiger partial charge in [0.15, 0.2) is 5.96 Å². The van der Waals surface area contributed by atoms with Crippen LogP contribution in [0.2, 0.25) is 0 Å². The maximum absolute atomic E-state index is 11.4. The number of nitrogens with one attached hydrogen (secondary N) is 2. The molecule has 1 aliphatic rings. The van der Waals surface area contributed by atoms with Gasteiger partial charge in [-0.2, -0.15) is 0 Å². The van der Waals surface area contributed by atoms with Gasteiger partial charge in [-0.3, -0.25) is 4.99 Å². The monoisotopic (exact) mass is 438 g/mol. The van der Waals surface area contributed by atoms with E-state index in [0.717, 1.165) is 30.3 Å². The van der Waals surface area contributed by atoms with Gasteiger partial charge in [-0.05, 0) is 82.9 Å². The molecule has 1 fully saturated rings. The summed E-state index contributed by atoms with van der Waals surface area (Å²) in [6, 6.07) is 7.68. The Morgan fingerprint density at radius 2 is 1.90 bits per heavy atom. The molecule has 30 heavy (non-hydrogen) atoms. The molecule has 0 aromatic heterocycles. The van der Waals surface area contributed by atoms with Crippen molar-refractivity contribution in [3.63, 3.8) is 0 Å². The summed E-state index contributed by atoms with van der Waals surface area (Å²) in [4.78, 5) is 7.16. The van der Waals surface area contributed by atoms with Crippen LogP contribution in [0.1, 0.15) is 40.0 Å². The highest BCUT2D eigenvalue weighted by Crippen LogP contribution is 2.17. The van der Waals surface area contributed by atoms with Gasteiger partial charge in [0.05, 0.1) is 11.9 Å². The molecule has 170 valence electrons. The number of hydrogen-bond acceptors (Lipinski definition) is 5. The zero-order valence-corrected chi connectivity index (χ0v) is 19.7. The quantitative estimate of drug-likeness (QED) is 0.332. The Hall–Kier alpha value is -1.80. The van der Waals surface area contributed by atoms with Gasteiger partial charge in [-0.25, -0.2) is 8.42 Å². The minimum atomic E-state index is -3.02. The van der Waals surface area contributed by atoms with Crippen LogP contribution in [0.25, 0.3) is 0 Å². The number of nitrogens with zero attached hydrogens (tertiary/aromatic N) is 2. The second kappa shape index (κ2) is 12.2. The molecule has 8 heteroatoms. The fourth-order valence-electron chi connectivity index (χ4n) is 3.29. The summed E-state index contributed by atoms with van der Waals surface area (Å²) in [5, 5.41) is 6.40. The highest BCUT2D eigenvalue weighted by molar-refractivity contribution is 7.90. The van der Waals surface area contributed by atoms with E-state index in [9.17, 15) is 8.42 Å². The van der Waals surface area contributed by atoms with Crippen LogP contribution in [-0.4, -0.2) is 70.1 Å². The van der Waals surface area contributed by atoms with Gasteiger partial charge in [-0.1, -0.05) is 6.92 Å². The van der Waals surface area contributed by atoms with Gasteiger partial charge < -0.3 is 20.3 Å². The van der Waals surface area contributed by atoms with E-state index in [4.69, 9.17) is 4.74 Å². The lowest BCUT2D eigenvalue weighted by Gasteiger charge is -2.29. The van der Waals surface area contributed by atoms with Crippen LogP contribution in [0.5, 0.6) is 5.75 Å². The molecule has 1 aromatic carbocycles. The summed E-state index contributed by atoms with van der Waals surface area (Å²) in [7, 11) is -3.02. The molecule has 1 saturated heterocycles. The first kappa shape index (κ1) is 24.5. The van der Waals surface area contributed by atoms with Crippen molar-refractivity contribution in [3.05, 3.63) is 24.3 Å². The SMILES string of the molecule is CC1CCN(CCCN=C(NCCS(C)(=O)=O)Nc2ccc(OC(C)C)cc2)CC1. The van der Waals surface area contributed by atoms with E-state index in [1.54, 1.807) is 0 Å². The van der Waals surface area contributed by atoms with Crippen LogP contribution in [0.3, 0.4) is 0 Å². The molecule has 0 atom stereocenters. The summed E-state index contributed by atoms with van der Waals surface area (Å²) in [6.45, 7) is 10.7. The number of likely N-dealkylation sites (tertiary alicyclic amines) is 1. The van der Waals surface area contributed by atoms with Crippen LogP contribution in [0, 0.1) is 5.92 Å². The molecule has 0 saturated carbocycles. The number of benzene rings is 1. The van der Waals surface area contributed by atoms with Crippen molar-refractivity contribution in [2.75, 3.05) is 50.0 Å². The van der Waals surface area contributed by atoms with E-state index in [-0.39, 0.29) is 11.9 Å². The lowest BCUT2D eigenvalue weighted by molar-refractivity contribution is 0.192. The van der Waals surface area contributed by atoms with Gasteiger partial charge in [0.2, 0.25) is 0 Å². The number of rotatable bonds is 10. The standard InChI is InChI=1S/C22H38N4O3S/c1-18(2)29-21-8-6-20(7-9-21)25-22(24-13-17-30(4,27)28)23-12-5-14-26-15-10-19(3)11-16-26/h6-9,18-19H,5,10-17H2,1-4H3,(H2,23,24,25). The summed E-state index contributed by atoms with van der Waals surface area (Å²) in [6.07, 6.45) is 4.90. The summed E-state index contributed by atoms with van der Waals surface area (Å²) in [5.74, 6) is 2.32. The van der Waals surface area contributed by atoms with Crippen LogP contribution >= 0.6 is 0 Å². The number of guanidine groups is 1.